The van der Waals surface area contributed by atoms with Gasteiger partial charge in [0.15, 0.2) is 0 Å². The number of hydrogen-bond donors (Lipinski definition) is 2. The lowest BCUT2D eigenvalue weighted by Gasteiger charge is -2.06. The van der Waals surface area contributed by atoms with Crippen LogP contribution < -0.4 is 11.1 Å². The van der Waals surface area contributed by atoms with Gasteiger partial charge in [-0.2, -0.15) is 14.3 Å². The fourth-order valence-electron chi connectivity index (χ4n) is 2.51. The average molecular weight is 428 g/mol. The third-order valence-electron chi connectivity index (χ3n) is 3.79. The van der Waals surface area contributed by atoms with E-state index < -0.39 is 0 Å². The largest absolute Gasteiger partial charge is 0.367 e. The van der Waals surface area contributed by atoms with E-state index in [0.717, 1.165) is 15.8 Å². The van der Waals surface area contributed by atoms with Crippen LogP contribution in [0.15, 0.2) is 53.4 Å². The van der Waals surface area contributed by atoms with Gasteiger partial charge in [-0.05, 0) is 42.5 Å². The van der Waals surface area contributed by atoms with Gasteiger partial charge in [0, 0.05) is 22.2 Å². The predicted molar refractivity (Wildman–Crippen MR) is 112 cm³/mol. The van der Waals surface area contributed by atoms with Crippen LogP contribution in [0.25, 0.3) is 10.9 Å². The highest BCUT2D eigenvalue weighted by Gasteiger charge is 2.12. The van der Waals surface area contributed by atoms with Gasteiger partial charge in [-0.15, -0.1) is 5.10 Å². The van der Waals surface area contributed by atoms with Gasteiger partial charge in [-0.25, -0.2) is 4.98 Å². The molecule has 2 aromatic carbocycles. The smallest absolute Gasteiger partial charge is 0.249 e. The molecule has 0 unspecified atom stereocenters. The number of nitrogens with one attached hydrogen (secondary N) is 1. The number of rotatable bonds is 4. The van der Waals surface area contributed by atoms with Crippen LogP contribution in [-0.4, -0.2) is 19.2 Å². The number of halogens is 2. The van der Waals surface area contributed by atoms with E-state index in [1.165, 1.54) is 16.0 Å². The standard InChI is InChI=1S/C18H11Cl2N7S/c19-12-8-10(9-21)4-6-14(12)24-18-25-17(22)27(26-18)28-15-3-1-2-13-11(15)5-7-16(20)23-13/h1-8H,(H3,22,24,25,26). The number of aromatic nitrogens is 4. The Morgan fingerprint density at radius 2 is 1.96 bits per heavy atom. The monoisotopic (exact) mass is 427 g/mol. The number of pyridine rings is 1. The number of nitriles is 1. The maximum Gasteiger partial charge on any atom is 0.249 e. The van der Waals surface area contributed by atoms with Crippen LogP contribution in [-0.2, 0) is 0 Å². The summed E-state index contributed by atoms with van der Waals surface area (Å²) in [6, 6.07) is 16.3. The summed E-state index contributed by atoms with van der Waals surface area (Å²) in [6.45, 7) is 0. The van der Waals surface area contributed by atoms with Crippen LogP contribution in [0.4, 0.5) is 17.6 Å². The highest BCUT2D eigenvalue weighted by molar-refractivity contribution is 7.98. The van der Waals surface area contributed by atoms with E-state index in [-0.39, 0.29) is 11.9 Å². The number of benzene rings is 2. The molecule has 7 nitrogen and oxygen atoms in total. The van der Waals surface area contributed by atoms with Crippen molar-refractivity contribution in [1.29, 1.82) is 5.26 Å². The Labute approximate surface area is 174 Å². The highest BCUT2D eigenvalue weighted by atomic mass is 35.5. The van der Waals surface area contributed by atoms with E-state index in [9.17, 15) is 0 Å². The molecule has 2 heterocycles. The molecular formula is C18H11Cl2N7S. The number of nitrogens with two attached hydrogens (primary N) is 1. The van der Waals surface area contributed by atoms with Crippen molar-refractivity contribution < 1.29 is 0 Å². The molecule has 0 aliphatic rings. The van der Waals surface area contributed by atoms with Crippen molar-refractivity contribution in [2.24, 2.45) is 0 Å². The van der Waals surface area contributed by atoms with Crippen molar-refractivity contribution in [3.63, 3.8) is 0 Å². The summed E-state index contributed by atoms with van der Waals surface area (Å²) in [5, 5.41) is 18.0. The first-order valence-corrected chi connectivity index (χ1v) is 9.49. The second-order valence-electron chi connectivity index (χ2n) is 5.65. The third kappa shape index (κ3) is 3.68. The summed E-state index contributed by atoms with van der Waals surface area (Å²) in [5.41, 5.74) is 7.83. The molecule has 4 aromatic rings. The predicted octanol–water partition coefficient (Wildman–Crippen LogP) is 4.89. The maximum atomic E-state index is 8.92. The topological polar surface area (TPSA) is 105 Å². The molecule has 0 aliphatic heterocycles. The molecule has 10 heteroatoms. The van der Waals surface area contributed by atoms with Gasteiger partial charge >= 0.3 is 0 Å². The lowest BCUT2D eigenvalue weighted by atomic mass is 10.2. The lowest BCUT2D eigenvalue weighted by molar-refractivity contribution is 1.02. The van der Waals surface area contributed by atoms with Gasteiger partial charge in [0.25, 0.3) is 0 Å². The van der Waals surface area contributed by atoms with Crippen molar-refractivity contribution in [2.45, 2.75) is 4.90 Å². The molecular weight excluding hydrogens is 417 g/mol. The minimum absolute atomic E-state index is 0.219. The quantitative estimate of drug-likeness (QED) is 0.446. The zero-order chi connectivity index (χ0) is 19.7. The summed E-state index contributed by atoms with van der Waals surface area (Å²) in [7, 11) is 0. The van der Waals surface area contributed by atoms with E-state index in [1.807, 2.05) is 30.3 Å². The molecule has 0 aliphatic carbocycles. The van der Waals surface area contributed by atoms with Gasteiger partial charge in [-0.1, -0.05) is 29.3 Å². The summed E-state index contributed by atoms with van der Waals surface area (Å²) in [4.78, 5) is 9.43. The van der Waals surface area contributed by atoms with E-state index in [0.29, 0.717) is 21.4 Å². The minimum Gasteiger partial charge on any atom is -0.367 e. The van der Waals surface area contributed by atoms with Gasteiger partial charge in [0.2, 0.25) is 11.9 Å². The van der Waals surface area contributed by atoms with E-state index in [4.69, 9.17) is 34.2 Å². The molecule has 0 radical (unpaired) electrons. The fraction of sp³-hybridized carbons (Fsp3) is 0. The zero-order valence-corrected chi connectivity index (χ0v) is 16.4. The molecule has 0 saturated heterocycles. The van der Waals surface area contributed by atoms with Crippen LogP contribution in [0.2, 0.25) is 10.2 Å². The number of hydrogen-bond acceptors (Lipinski definition) is 7. The molecule has 4 rings (SSSR count). The average Bonchev–Trinajstić information content (AvgIpc) is 3.02. The summed E-state index contributed by atoms with van der Waals surface area (Å²) >= 11 is 13.5. The maximum absolute atomic E-state index is 8.92. The van der Waals surface area contributed by atoms with Crippen molar-refractivity contribution in [2.75, 3.05) is 11.1 Å². The van der Waals surface area contributed by atoms with E-state index >= 15 is 0 Å². The Kier molecular flexibility index (Phi) is 4.96. The molecule has 0 atom stereocenters. The van der Waals surface area contributed by atoms with Crippen molar-refractivity contribution in [1.82, 2.24) is 19.2 Å². The van der Waals surface area contributed by atoms with Crippen LogP contribution in [0.3, 0.4) is 0 Å². The molecule has 2 aromatic heterocycles. The third-order valence-corrected chi connectivity index (χ3v) is 5.31. The number of nitrogens with zero attached hydrogens (tertiary/aromatic N) is 5. The molecule has 0 spiro atoms. The lowest BCUT2D eigenvalue weighted by Crippen LogP contribution is -1.98. The second-order valence-corrected chi connectivity index (χ2v) is 7.41. The van der Waals surface area contributed by atoms with Gasteiger partial charge < -0.3 is 11.1 Å². The number of anilines is 3. The van der Waals surface area contributed by atoms with Crippen molar-refractivity contribution in [3.8, 4) is 6.07 Å². The zero-order valence-electron chi connectivity index (χ0n) is 14.1. The normalized spacial score (nSPS) is 10.8. The van der Waals surface area contributed by atoms with Crippen LogP contribution >= 0.6 is 35.1 Å². The molecule has 0 fully saturated rings. The Balaban J connectivity index is 1.61. The Bertz CT molecular complexity index is 1230. The van der Waals surface area contributed by atoms with Gasteiger partial charge in [0.1, 0.15) is 5.15 Å². The van der Waals surface area contributed by atoms with E-state index in [2.05, 4.69) is 20.4 Å². The molecule has 28 heavy (non-hydrogen) atoms. The molecule has 0 bridgehead atoms. The molecule has 138 valence electrons. The van der Waals surface area contributed by atoms with Crippen LogP contribution in [0, 0.1) is 11.3 Å². The fourth-order valence-corrected chi connectivity index (χ4v) is 3.74. The van der Waals surface area contributed by atoms with E-state index in [1.54, 1.807) is 24.3 Å². The molecule has 3 N–H and O–H groups in total. The van der Waals surface area contributed by atoms with Crippen LogP contribution in [0.5, 0.6) is 0 Å². The second kappa shape index (κ2) is 7.56. The Hall–Kier alpha value is -2.99. The van der Waals surface area contributed by atoms with Crippen LogP contribution in [0.1, 0.15) is 5.56 Å². The first-order chi connectivity index (χ1) is 13.5. The molecule has 0 amide bonds. The van der Waals surface area contributed by atoms with Gasteiger partial charge in [-0.3, -0.25) is 0 Å². The van der Waals surface area contributed by atoms with Crippen molar-refractivity contribution >= 4 is 63.6 Å². The summed E-state index contributed by atoms with van der Waals surface area (Å²) < 4.78 is 1.50. The Morgan fingerprint density at radius 1 is 1.11 bits per heavy atom. The highest BCUT2D eigenvalue weighted by Crippen LogP contribution is 2.31. The molecule has 0 saturated carbocycles. The van der Waals surface area contributed by atoms with Gasteiger partial charge in [0.05, 0.1) is 27.9 Å². The summed E-state index contributed by atoms with van der Waals surface area (Å²) in [5.74, 6) is 0.509. The first kappa shape index (κ1) is 18.4. The number of fused-ring (bicyclic) bond motifs is 1. The summed E-state index contributed by atoms with van der Waals surface area (Å²) in [6.07, 6.45) is 0. The minimum atomic E-state index is 0.219. The Morgan fingerprint density at radius 3 is 2.75 bits per heavy atom. The SMILES string of the molecule is N#Cc1ccc(Nc2nc(N)n(Sc3cccc4nc(Cl)ccc34)n2)c(Cl)c1. The number of nitrogen functional groups attached to an aromatic ring is 1. The first-order valence-electron chi connectivity index (χ1n) is 7.96. The van der Waals surface area contributed by atoms with Crippen molar-refractivity contribution in [3.05, 3.63) is 64.3 Å².